The van der Waals surface area contributed by atoms with Crippen LogP contribution < -0.4 is 21.3 Å². The number of carbonyl (C=O) groups excluding carboxylic acids is 2. The van der Waals surface area contributed by atoms with Gasteiger partial charge in [0.05, 0.1) is 23.5 Å². The maximum Gasteiger partial charge on any atom is 0.409 e. The molecule has 2 amide bonds. The summed E-state index contributed by atoms with van der Waals surface area (Å²) in [4.78, 5) is 42.2. The maximum absolute atomic E-state index is 12.8. The van der Waals surface area contributed by atoms with Gasteiger partial charge in [-0.3, -0.25) is 4.79 Å². The van der Waals surface area contributed by atoms with Gasteiger partial charge in [0.1, 0.15) is 22.3 Å². The van der Waals surface area contributed by atoms with Crippen LogP contribution in [-0.2, 0) is 11.3 Å². The molecule has 13 heteroatoms. The molecule has 3 heterocycles. The summed E-state index contributed by atoms with van der Waals surface area (Å²) in [7, 11) is 0. The minimum atomic E-state index is -0.331. The molecule has 1 saturated heterocycles. The number of rotatable bonds is 7. The molecule has 4 rings (SSSR count). The molecule has 1 aliphatic rings. The Hall–Kier alpha value is -3.48. The van der Waals surface area contributed by atoms with Gasteiger partial charge in [0, 0.05) is 38.8 Å². The van der Waals surface area contributed by atoms with E-state index in [0.717, 1.165) is 11.4 Å². The third-order valence-electron chi connectivity index (χ3n) is 5.48. The zero-order valence-corrected chi connectivity index (χ0v) is 21.5. The largest absolute Gasteiger partial charge is 0.450 e. The molecular formula is C23H27ClN8O3S. The first-order valence-electron chi connectivity index (χ1n) is 11.4. The number of thiazole rings is 1. The summed E-state index contributed by atoms with van der Waals surface area (Å²) in [6.07, 6.45) is 1.20. The first kappa shape index (κ1) is 25.6. The van der Waals surface area contributed by atoms with Gasteiger partial charge in [-0.25, -0.2) is 19.7 Å². The van der Waals surface area contributed by atoms with Crippen molar-refractivity contribution >= 4 is 57.4 Å². The van der Waals surface area contributed by atoms with Crippen molar-refractivity contribution in [3.8, 4) is 0 Å². The number of carbonyl (C=O) groups is 2. The van der Waals surface area contributed by atoms with E-state index >= 15 is 0 Å². The Kier molecular flexibility index (Phi) is 8.18. The molecule has 0 unspecified atom stereocenters. The SMILES string of the molecule is CCOC(=O)N1CCN(c2cc(Nc3ncc(C(=O)Nc4c(Cl)cccc4CN)s3)nc(C)n2)CC1. The van der Waals surface area contributed by atoms with Gasteiger partial charge in [0.2, 0.25) is 0 Å². The number of nitrogens with zero attached hydrogens (tertiary/aromatic N) is 5. The third-order valence-corrected chi connectivity index (χ3v) is 6.70. The highest BCUT2D eigenvalue weighted by molar-refractivity contribution is 7.17. The number of piperazine rings is 1. The first-order chi connectivity index (χ1) is 17.4. The maximum atomic E-state index is 12.8. The van der Waals surface area contributed by atoms with E-state index in [9.17, 15) is 9.59 Å². The minimum Gasteiger partial charge on any atom is -0.450 e. The van der Waals surface area contributed by atoms with Crippen LogP contribution in [-0.4, -0.2) is 64.6 Å². The number of benzene rings is 1. The smallest absolute Gasteiger partial charge is 0.409 e. The molecule has 190 valence electrons. The van der Waals surface area contributed by atoms with Gasteiger partial charge in [-0.1, -0.05) is 35.1 Å². The molecule has 36 heavy (non-hydrogen) atoms. The van der Waals surface area contributed by atoms with E-state index in [2.05, 4.69) is 30.5 Å². The van der Waals surface area contributed by atoms with E-state index in [1.165, 1.54) is 17.5 Å². The van der Waals surface area contributed by atoms with Crippen LogP contribution in [0.3, 0.4) is 0 Å². The highest BCUT2D eigenvalue weighted by atomic mass is 35.5. The average molecular weight is 531 g/mol. The molecule has 0 bridgehead atoms. The fourth-order valence-electron chi connectivity index (χ4n) is 3.71. The van der Waals surface area contributed by atoms with Crippen LogP contribution in [0.1, 0.15) is 28.0 Å². The first-order valence-corrected chi connectivity index (χ1v) is 12.6. The van der Waals surface area contributed by atoms with Gasteiger partial charge in [-0.05, 0) is 25.5 Å². The molecule has 1 fully saturated rings. The monoisotopic (exact) mass is 530 g/mol. The van der Waals surface area contributed by atoms with Gasteiger partial charge in [-0.15, -0.1) is 0 Å². The van der Waals surface area contributed by atoms with Crippen LogP contribution in [0, 0.1) is 6.92 Å². The number of nitrogens with one attached hydrogen (secondary N) is 2. The normalized spacial score (nSPS) is 13.4. The fourth-order valence-corrected chi connectivity index (χ4v) is 4.67. The zero-order chi connectivity index (χ0) is 25.7. The average Bonchev–Trinajstić information content (AvgIpc) is 3.33. The lowest BCUT2D eigenvalue weighted by molar-refractivity contribution is 0.102. The van der Waals surface area contributed by atoms with E-state index in [1.807, 2.05) is 19.1 Å². The second-order valence-corrected chi connectivity index (χ2v) is 9.36. The van der Waals surface area contributed by atoms with E-state index in [0.29, 0.717) is 65.1 Å². The summed E-state index contributed by atoms with van der Waals surface area (Å²) in [5, 5.41) is 6.91. The molecule has 11 nitrogen and oxygen atoms in total. The molecule has 3 aromatic rings. The molecule has 2 aromatic heterocycles. The quantitative estimate of drug-likeness (QED) is 0.418. The van der Waals surface area contributed by atoms with Crippen LogP contribution in [0.4, 0.5) is 27.2 Å². The Bertz CT molecular complexity index is 1250. The summed E-state index contributed by atoms with van der Waals surface area (Å²) in [6, 6.07) is 7.12. The topological polar surface area (TPSA) is 139 Å². The molecule has 1 aliphatic heterocycles. The van der Waals surface area contributed by atoms with Crippen molar-refractivity contribution in [1.82, 2.24) is 19.9 Å². The Morgan fingerprint density at radius 3 is 2.72 bits per heavy atom. The summed E-state index contributed by atoms with van der Waals surface area (Å²) < 4.78 is 5.08. The Morgan fingerprint density at radius 2 is 2.00 bits per heavy atom. The molecule has 0 aliphatic carbocycles. The Balaban J connectivity index is 1.42. The van der Waals surface area contributed by atoms with Crippen molar-refractivity contribution in [1.29, 1.82) is 0 Å². The number of nitrogens with two attached hydrogens (primary N) is 1. The number of aromatic nitrogens is 3. The van der Waals surface area contributed by atoms with Crippen molar-refractivity contribution < 1.29 is 14.3 Å². The predicted octanol–water partition coefficient (Wildman–Crippen LogP) is 3.63. The molecule has 1 aromatic carbocycles. The van der Waals surface area contributed by atoms with Crippen LogP contribution >= 0.6 is 22.9 Å². The Labute approximate surface area is 217 Å². The zero-order valence-electron chi connectivity index (χ0n) is 20.0. The van der Waals surface area contributed by atoms with E-state index in [1.54, 1.807) is 24.0 Å². The summed E-state index contributed by atoms with van der Waals surface area (Å²) in [5.41, 5.74) is 7.00. The third kappa shape index (κ3) is 6.01. The van der Waals surface area contributed by atoms with Crippen LogP contribution in [0.15, 0.2) is 30.5 Å². The van der Waals surface area contributed by atoms with Crippen molar-refractivity contribution in [2.45, 2.75) is 20.4 Å². The second kappa shape index (κ2) is 11.5. The number of anilines is 4. The van der Waals surface area contributed by atoms with E-state index < -0.39 is 0 Å². The van der Waals surface area contributed by atoms with Crippen molar-refractivity contribution in [2.24, 2.45) is 5.73 Å². The molecule has 0 radical (unpaired) electrons. The lowest BCUT2D eigenvalue weighted by Crippen LogP contribution is -2.49. The van der Waals surface area contributed by atoms with Gasteiger partial charge < -0.3 is 30.9 Å². The van der Waals surface area contributed by atoms with E-state index in [-0.39, 0.29) is 18.5 Å². The number of ether oxygens (including phenoxy) is 1. The molecule has 0 saturated carbocycles. The number of hydrogen-bond donors (Lipinski definition) is 3. The summed E-state index contributed by atoms with van der Waals surface area (Å²) >= 11 is 7.43. The molecule has 0 atom stereocenters. The second-order valence-electron chi connectivity index (χ2n) is 7.92. The standard InChI is InChI=1S/C23H27ClN8O3S/c1-3-35-23(34)32-9-7-31(8-10-32)19-11-18(27-14(2)28-19)29-22-26-13-17(36-22)21(33)30-20-15(12-25)5-4-6-16(20)24/h4-6,11,13H,3,7-10,12,25H2,1-2H3,(H,30,33)(H,26,27,28,29). The van der Waals surface area contributed by atoms with Gasteiger partial charge in [-0.2, -0.15) is 0 Å². The highest BCUT2D eigenvalue weighted by Crippen LogP contribution is 2.29. The number of aryl methyl sites for hydroxylation is 1. The minimum absolute atomic E-state index is 0.249. The lowest BCUT2D eigenvalue weighted by Gasteiger charge is -2.34. The molecular weight excluding hydrogens is 504 g/mol. The molecule has 0 spiro atoms. The van der Waals surface area contributed by atoms with Crippen LogP contribution in [0.5, 0.6) is 0 Å². The number of para-hydroxylation sites is 1. The van der Waals surface area contributed by atoms with E-state index in [4.69, 9.17) is 22.1 Å². The lowest BCUT2D eigenvalue weighted by atomic mass is 10.1. The van der Waals surface area contributed by atoms with Gasteiger partial charge in [0.25, 0.3) is 5.91 Å². The van der Waals surface area contributed by atoms with Crippen molar-refractivity contribution in [3.05, 3.63) is 51.7 Å². The number of amides is 2. The predicted molar refractivity (Wildman–Crippen MR) is 140 cm³/mol. The summed E-state index contributed by atoms with van der Waals surface area (Å²) in [6.45, 7) is 6.56. The van der Waals surface area contributed by atoms with Crippen LogP contribution in [0.25, 0.3) is 0 Å². The molecule has 4 N–H and O–H groups in total. The van der Waals surface area contributed by atoms with Gasteiger partial charge >= 0.3 is 6.09 Å². The fraction of sp³-hybridized carbons (Fsp3) is 0.348. The number of hydrogen-bond acceptors (Lipinski definition) is 10. The Morgan fingerprint density at radius 1 is 1.22 bits per heavy atom. The highest BCUT2D eigenvalue weighted by Gasteiger charge is 2.23. The summed E-state index contributed by atoms with van der Waals surface area (Å²) in [5.74, 6) is 1.56. The number of halogens is 1. The van der Waals surface area contributed by atoms with Gasteiger partial charge in [0.15, 0.2) is 5.13 Å². The van der Waals surface area contributed by atoms with Crippen LogP contribution in [0.2, 0.25) is 5.02 Å². The van der Waals surface area contributed by atoms with Crippen molar-refractivity contribution in [3.63, 3.8) is 0 Å². The van der Waals surface area contributed by atoms with Crippen molar-refractivity contribution in [2.75, 3.05) is 48.3 Å².